The SMILES string of the molecule is NC1(C(=O)Nc2ccc(Br)c(C(F)(F)F)c2)CCC1. The third kappa shape index (κ3) is 2.92. The lowest BCUT2D eigenvalue weighted by atomic mass is 9.77. The second kappa shape index (κ2) is 4.79. The third-order valence-corrected chi connectivity index (χ3v) is 3.92. The van der Waals surface area contributed by atoms with Gasteiger partial charge < -0.3 is 11.1 Å². The smallest absolute Gasteiger partial charge is 0.324 e. The Morgan fingerprint density at radius 2 is 2.00 bits per heavy atom. The van der Waals surface area contributed by atoms with Gasteiger partial charge in [0.25, 0.3) is 0 Å². The van der Waals surface area contributed by atoms with Crippen molar-refractivity contribution in [2.75, 3.05) is 5.32 Å². The maximum Gasteiger partial charge on any atom is 0.417 e. The highest BCUT2D eigenvalue weighted by molar-refractivity contribution is 9.10. The van der Waals surface area contributed by atoms with Crippen molar-refractivity contribution in [3.05, 3.63) is 28.2 Å². The second-order valence-electron chi connectivity index (χ2n) is 4.66. The van der Waals surface area contributed by atoms with Crippen LogP contribution in [-0.2, 0) is 11.0 Å². The largest absolute Gasteiger partial charge is 0.417 e. The van der Waals surface area contributed by atoms with Crippen LogP contribution >= 0.6 is 15.9 Å². The van der Waals surface area contributed by atoms with E-state index in [1.165, 1.54) is 12.1 Å². The first kappa shape index (κ1) is 14.3. The Hall–Kier alpha value is -1.08. The summed E-state index contributed by atoms with van der Waals surface area (Å²) in [5.74, 6) is -0.436. The highest BCUT2D eigenvalue weighted by Crippen LogP contribution is 2.37. The van der Waals surface area contributed by atoms with Gasteiger partial charge in [0.1, 0.15) is 0 Å². The number of alkyl halides is 3. The molecule has 1 aliphatic rings. The molecule has 1 saturated carbocycles. The summed E-state index contributed by atoms with van der Waals surface area (Å²) < 4.78 is 38.1. The number of rotatable bonds is 2. The molecular formula is C12H12BrF3N2O. The Bertz CT molecular complexity index is 512. The predicted octanol–water partition coefficient (Wildman–Crippen LogP) is 3.29. The number of anilines is 1. The summed E-state index contributed by atoms with van der Waals surface area (Å²) in [5, 5.41) is 2.44. The van der Waals surface area contributed by atoms with E-state index in [1.54, 1.807) is 0 Å². The van der Waals surface area contributed by atoms with Gasteiger partial charge in [0.15, 0.2) is 0 Å². The lowest BCUT2D eigenvalue weighted by Gasteiger charge is -2.36. The van der Waals surface area contributed by atoms with E-state index in [-0.39, 0.29) is 10.2 Å². The molecule has 0 aromatic heterocycles. The number of carbonyl (C=O) groups excluding carboxylic acids is 1. The first-order valence-electron chi connectivity index (χ1n) is 5.69. The van der Waals surface area contributed by atoms with E-state index in [9.17, 15) is 18.0 Å². The number of amides is 1. The number of halogens is 4. The Morgan fingerprint density at radius 1 is 1.37 bits per heavy atom. The molecule has 0 aliphatic heterocycles. The lowest BCUT2D eigenvalue weighted by Crippen LogP contribution is -2.56. The van der Waals surface area contributed by atoms with Gasteiger partial charge in [-0.3, -0.25) is 4.79 Å². The molecule has 3 nitrogen and oxygen atoms in total. The molecular weight excluding hydrogens is 325 g/mol. The molecule has 0 heterocycles. The van der Waals surface area contributed by atoms with E-state index in [4.69, 9.17) is 5.73 Å². The number of carbonyl (C=O) groups is 1. The van der Waals surface area contributed by atoms with E-state index in [0.29, 0.717) is 12.8 Å². The van der Waals surface area contributed by atoms with Gasteiger partial charge in [0, 0.05) is 10.2 Å². The van der Waals surface area contributed by atoms with Crippen LogP contribution in [0.2, 0.25) is 0 Å². The highest BCUT2D eigenvalue weighted by Gasteiger charge is 2.40. The van der Waals surface area contributed by atoms with Crippen LogP contribution in [0.25, 0.3) is 0 Å². The summed E-state index contributed by atoms with van der Waals surface area (Å²) in [6.07, 6.45) is -2.50. The zero-order chi connectivity index (χ0) is 14.3. The van der Waals surface area contributed by atoms with Gasteiger partial charge in [0.2, 0.25) is 5.91 Å². The van der Waals surface area contributed by atoms with Crippen LogP contribution in [0.1, 0.15) is 24.8 Å². The fourth-order valence-corrected chi connectivity index (χ4v) is 2.33. The molecule has 0 atom stereocenters. The quantitative estimate of drug-likeness (QED) is 0.870. The Kier molecular flexibility index (Phi) is 3.61. The maximum absolute atomic E-state index is 12.7. The molecule has 2 rings (SSSR count). The van der Waals surface area contributed by atoms with Gasteiger partial charge in [0.05, 0.1) is 11.1 Å². The van der Waals surface area contributed by atoms with Gasteiger partial charge in [-0.1, -0.05) is 15.9 Å². The van der Waals surface area contributed by atoms with Crippen LogP contribution < -0.4 is 11.1 Å². The van der Waals surface area contributed by atoms with Crippen molar-refractivity contribution in [2.45, 2.75) is 31.0 Å². The zero-order valence-corrected chi connectivity index (χ0v) is 11.4. The number of hydrogen-bond acceptors (Lipinski definition) is 2. The van der Waals surface area contributed by atoms with Crippen molar-refractivity contribution in [1.82, 2.24) is 0 Å². The van der Waals surface area contributed by atoms with Crippen molar-refractivity contribution < 1.29 is 18.0 Å². The predicted molar refractivity (Wildman–Crippen MR) is 68.5 cm³/mol. The summed E-state index contributed by atoms with van der Waals surface area (Å²) in [6.45, 7) is 0. The minimum atomic E-state index is -4.48. The van der Waals surface area contributed by atoms with Crippen molar-refractivity contribution in [3.8, 4) is 0 Å². The van der Waals surface area contributed by atoms with Crippen LogP contribution in [0.4, 0.5) is 18.9 Å². The van der Waals surface area contributed by atoms with Crippen LogP contribution in [0, 0.1) is 0 Å². The molecule has 1 fully saturated rings. The molecule has 0 unspecified atom stereocenters. The molecule has 3 N–H and O–H groups in total. The third-order valence-electron chi connectivity index (χ3n) is 3.23. The Labute approximate surface area is 116 Å². The Balaban J connectivity index is 2.20. The van der Waals surface area contributed by atoms with E-state index < -0.39 is 23.2 Å². The second-order valence-corrected chi connectivity index (χ2v) is 5.51. The molecule has 0 saturated heterocycles. The summed E-state index contributed by atoms with van der Waals surface area (Å²) in [4.78, 5) is 11.8. The monoisotopic (exact) mass is 336 g/mol. The number of nitrogens with two attached hydrogens (primary N) is 1. The maximum atomic E-state index is 12.7. The average Bonchev–Trinajstić information content (AvgIpc) is 2.27. The van der Waals surface area contributed by atoms with Gasteiger partial charge in [-0.2, -0.15) is 13.2 Å². The molecule has 0 spiro atoms. The minimum Gasteiger partial charge on any atom is -0.324 e. The highest BCUT2D eigenvalue weighted by atomic mass is 79.9. The van der Waals surface area contributed by atoms with Crippen LogP contribution in [-0.4, -0.2) is 11.4 Å². The van der Waals surface area contributed by atoms with Crippen LogP contribution in [0.5, 0.6) is 0 Å². The van der Waals surface area contributed by atoms with E-state index >= 15 is 0 Å². The van der Waals surface area contributed by atoms with Crippen molar-refractivity contribution in [2.24, 2.45) is 5.73 Å². The first-order chi connectivity index (χ1) is 8.72. The number of nitrogens with one attached hydrogen (secondary N) is 1. The fourth-order valence-electron chi connectivity index (χ4n) is 1.86. The molecule has 7 heteroatoms. The molecule has 0 radical (unpaired) electrons. The topological polar surface area (TPSA) is 55.1 Å². The summed E-state index contributed by atoms with van der Waals surface area (Å²) in [6, 6.07) is 3.55. The van der Waals surface area contributed by atoms with Crippen LogP contribution in [0.3, 0.4) is 0 Å². The van der Waals surface area contributed by atoms with E-state index in [0.717, 1.165) is 12.5 Å². The summed E-state index contributed by atoms with van der Waals surface area (Å²) in [5.41, 5.74) is 4.13. The standard InChI is InChI=1S/C12H12BrF3N2O/c13-9-3-2-7(6-8(9)12(14,15)16)18-10(19)11(17)4-1-5-11/h2-3,6H,1,4-5,17H2,(H,18,19). The van der Waals surface area contributed by atoms with Crippen molar-refractivity contribution in [1.29, 1.82) is 0 Å². The molecule has 19 heavy (non-hydrogen) atoms. The van der Waals surface area contributed by atoms with Crippen LogP contribution in [0.15, 0.2) is 22.7 Å². The van der Waals surface area contributed by atoms with Gasteiger partial charge in [-0.05, 0) is 37.5 Å². The molecule has 0 bridgehead atoms. The molecule has 1 amide bonds. The van der Waals surface area contributed by atoms with E-state index in [1.807, 2.05) is 0 Å². The zero-order valence-electron chi connectivity index (χ0n) is 9.85. The summed E-state index contributed by atoms with van der Waals surface area (Å²) in [7, 11) is 0. The molecule has 1 aliphatic carbocycles. The first-order valence-corrected chi connectivity index (χ1v) is 6.49. The molecule has 1 aromatic carbocycles. The number of benzene rings is 1. The molecule has 1 aromatic rings. The van der Waals surface area contributed by atoms with Crippen molar-refractivity contribution in [3.63, 3.8) is 0 Å². The van der Waals surface area contributed by atoms with Crippen molar-refractivity contribution >= 4 is 27.5 Å². The Morgan fingerprint density at radius 3 is 2.47 bits per heavy atom. The fraction of sp³-hybridized carbons (Fsp3) is 0.417. The normalized spacial score (nSPS) is 17.7. The minimum absolute atomic E-state index is 0.0656. The molecule has 104 valence electrons. The average molecular weight is 337 g/mol. The number of hydrogen-bond donors (Lipinski definition) is 2. The van der Waals surface area contributed by atoms with Gasteiger partial charge in [-0.25, -0.2) is 0 Å². The lowest BCUT2D eigenvalue weighted by molar-refractivity contribution is -0.138. The van der Waals surface area contributed by atoms with Gasteiger partial charge in [-0.15, -0.1) is 0 Å². The summed E-state index contributed by atoms with van der Waals surface area (Å²) >= 11 is 2.84. The van der Waals surface area contributed by atoms with Gasteiger partial charge >= 0.3 is 6.18 Å². The van der Waals surface area contributed by atoms with E-state index in [2.05, 4.69) is 21.2 Å².